The molecule has 0 fully saturated rings. The van der Waals surface area contributed by atoms with Gasteiger partial charge in [-0.15, -0.1) is 0 Å². The fourth-order valence-electron chi connectivity index (χ4n) is 2.13. The van der Waals surface area contributed by atoms with E-state index in [0.29, 0.717) is 17.5 Å². The number of halogens is 1. The molecule has 0 aliphatic carbocycles. The van der Waals surface area contributed by atoms with Gasteiger partial charge in [0.05, 0.1) is 23.7 Å². The summed E-state index contributed by atoms with van der Waals surface area (Å²) in [5.41, 5.74) is 1.94. The van der Waals surface area contributed by atoms with Crippen molar-refractivity contribution in [3.8, 4) is 0 Å². The third-order valence-electron chi connectivity index (χ3n) is 3.24. The summed E-state index contributed by atoms with van der Waals surface area (Å²) in [5.74, 6) is 1.39. The molecule has 3 nitrogen and oxygen atoms in total. The third-order valence-corrected chi connectivity index (χ3v) is 3.47. The van der Waals surface area contributed by atoms with Crippen LogP contribution in [0.25, 0.3) is 11.0 Å². The number of nitrogens with zero attached hydrogens (tertiary/aromatic N) is 2. The standard InChI is InChI=1S/C14H19ClN2O/c1-4-9(2)14-16-12-6-5-11(15)7-13(12)17(14)8-10(3)18/h5-7,9-10,18H,4,8H2,1-3H3. The molecule has 2 unspecified atom stereocenters. The van der Waals surface area contributed by atoms with Crippen LogP contribution < -0.4 is 0 Å². The highest BCUT2D eigenvalue weighted by molar-refractivity contribution is 6.31. The molecule has 0 amide bonds. The maximum absolute atomic E-state index is 9.65. The summed E-state index contributed by atoms with van der Waals surface area (Å²) in [6.07, 6.45) is 0.626. The van der Waals surface area contributed by atoms with Gasteiger partial charge in [0.25, 0.3) is 0 Å². The average molecular weight is 267 g/mol. The molecule has 0 aliphatic rings. The van der Waals surface area contributed by atoms with Gasteiger partial charge in [0, 0.05) is 10.9 Å². The highest BCUT2D eigenvalue weighted by atomic mass is 35.5. The number of aliphatic hydroxyl groups is 1. The van der Waals surface area contributed by atoms with Gasteiger partial charge in [0.15, 0.2) is 0 Å². The molecule has 2 aromatic rings. The molecule has 0 saturated carbocycles. The van der Waals surface area contributed by atoms with E-state index in [2.05, 4.69) is 23.4 Å². The van der Waals surface area contributed by atoms with Crippen LogP contribution in [0.2, 0.25) is 5.02 Å². The third kappa shape index (κ3) is 2.52. The largest absolute Gasteiger partial charge is 0.392 e. The van der Waals surface area contributed by atoms with Crippen LogP contribution in [0.4, 0.5) is 0 Å². The van der Waals surface area contributed by atoms with E-state index < -0.39 is 6.10 Å². The van der Waals surface area contributed by atoms with Crippen LogP contribution in [-0.4, -0.2) is 20.8 Å². The number of hydrogen-bond donors (Lipinski definition) is 1. The number of rotatable bonds is 4. The van der Waals surface area contributed by atoms with E-state index in [1.165, 1.54) is 0 Å². The van der Waals surface area contributed by atoms with Gasteiger partial charge in [-0.1, -0.05) is 25.4 Å². The molecule has 1 heterocycles. The summed E-state index contributed by atoms with van der Waals surface area (Å²) < 4.78 is 2.08. The van der Waals surface area contributed by atoms with Gasteiger partial charge >= 0.3 is 0 Å². The number of aliphatic hydroxyl groups excluding tert-OH is 1. The molecule has 2 atom stereocenters. The Morgan fingerprint density at radius 3 is 2.72 bits per heavy atom. The van der Waals surface area contributed by atoms with Gasteiger partial charge in [0.1, 0.15) is 5.82 Å². The Morgan fingerprint density at radius 1 is 1.39 bits per heavy atom. The minimum atomic E-state index is -0.399. The van der Waals surface area contributed by atoms with E-state index in [4.69, 9.17) is 11.6 Å². The first kappa shape index (κ1) is 13.4. The highest BCUT2D eigenvalue weighted by Gasteiger charge is 2.16. The lowest BCUT2D eigenvalue weighted by Gasteiger charge is -2.14. The van der Waals surface area contributed by atoms with Gasteiger partial charge < -0.3 is 9.67 Å². The second kappa shape index (κ2) is 5.29. The average Bonchev–Trinajstić information content (AvgIpc) is 2.66. The SMILES string of the molecule is CCC(C)c1nc2ccc(Cl)cc2n1CC(C)O. The predicted molar refractivity (Wildman–Crippen MR) is 75.1 cm³/mol. The van der Waals surface area contributed by atoms with E-state index in [1.807, 2.05) is 18.2 Å². The van der Waals surface area contributed by atoms with Gasteiger partial charge in [0.2, 0.25) is 0 Å². The fraction of sp³-hybridized carbons (Fsp3) is 0.500. The molecule has 4 heteroatoms. The van der Waals surface area contributed by atoms with Gasteiger partial charge in [-0.3, -0.25) is 0 Å². The molecule has 98 valence electrons. The lowest BCUT2D eigenvalue weighted by atomic mass is 10.1. The van der Waals surface area contributed by atoms with E-state index in [9.17, 15) is 5.11 Å². The smallest absolute Gasteiger partial charge is 0.112 e. The predicted octanol–water partition coefficient (Wildman–Crippen LogP) is 3.58. The molecule has 0 spiro atoms. The molecule has 1 aromatic heterocycles. The summed E-state index contributed by atoms with van der Waals surface area (Å²) >= 11 is 6.05. The van der Waals surface area contributed by atoms with Crippen molar-refractivity contribution >= 4 is 22.6 Å². The van der Waals surface area contributed by atoms with Crippen LogP contribution in [0.3, 0.4) is 0 Å². The molecular weight excluding hydrogens is 248 g/mol. The number of fused-ring (bicyclic) bond motifs is 1. The van der Waals surface area contributed by atoms with Crippen molar-refractivity contribution in [2.45, 2.75) is 45.8 Å². The molecule has 2 rings (SSSR count). The van der Waals surface area contributed by atoms with Crippen LogP contribution >= 0.6 is 11.6 Å². The summed E-state index contributed by atoms with van der Waals surface area (Å²) in [5, 5.41) is 10.3. The van der Waals surface area contributed by atoms with Gasteiger partial charge in [-0.2, -0.15) is 0 Å². The summed E-state index contributed by atoms with van der Waals surface area (Å²) in [7, 11) is 0. The molecule has 18 heavy (non-hydrogen) atoms. The lowest BCUT2D eigenvalue weighted by Crippen LogP contribution is -2.15. The molecule has 0 saturated heterocycles. The zero-order valence-corrected chi connectivity index (χ0v) is 11.8. The van der Waals surface area contributed by atoms with Crippen molar-refractivity contribution in [2.75, 3.05) is 0 Å². The molecule has 0 radical (unpaired) electrons. The number of benzene rings is 1. The van der Waals surface area contributed by atoms with E-state index in [1.54, 1.807) is 6.92 Å². The number of hydrogen-bond acceptors (Lipinski definition) is 2. The first-order chi connectivity index (χ1) is 8.52. The number of aromatic nitrogens is 2. The first-order valence-corrected chi connectivity index (χ1v) is 6.74. The molecule has 1 N–H and O–H groups in total. The molecule has 1 aromatic carbocycles. The second-order valence-corrected chi connectivity index (χ2v) is 5.31. The Balaban J connectivity index is 2.61. The van der Waals surface area contributed by atoms with Crippen molar-refractivity contribution in [1.29, 1.82) is 0 Å². The Morgan fingerprint density at radius 2 is 2.11 bits per heavy atom. The van der Waals surface area contributed by atoms with Gasteiger partial charge in [-0.25, -0.2) is 4.98 Å². The molecular formula is C14H19ClN2O. The van der Waals surface area contributed by atoms with Crippen molar-refractivity contribution < 1.29 is 5.11 Å². The molecule has 0 bridgehead atoms. The minimum absolute atomic E-state index is 0.370. The lowest BCUT2D eigenvalue weighted by molar-refractivity contribution is 0.173. The van der Waals surface area contributed by atoms with Crippen molar-refractivity contribution in [1.82, 2.24) is 9.55 Å². The van der Waals surface area contributed by atoms with Crippen molar-refractivity contribution in [3.05, 3.63) is 29.0 Å². The van der Waals surface area contributed by atoms with Crippen molar-refractivity contribution in [2.24, 2.45) is 0 Å². The van der Waals surface area contributed by atoms with Crippen LogP contribution in [0.5, 0.6) is 0 Å². The number of imidazole rings is 1. The summed E-state index contributed by atoms with van der Waals surface area (Å²) in [4.78, 5) is 4.67. The van der Waals surface area contributed by atoms with Crippen LogP contribution in [0.1, 0.15) is 38.9 Å². The Bertz CT molecular complexity index is 548. The summed E-state index contributed by atoms with van der Waals surface area (Å²) in [6.45, 7) is 6.64. The maximum atomic E-state index is 9.65. The molecule has 0 aliphatic heterocycles. The fourth-order valence-corrected chi connectivity index (χ4v) is 2.30. The van der Waals surface area contributed by atoms with Crippen LogP contribution in [0, 0.1) is 0 Å². The Hall–Kier alpha value is -1.06. The van der Waals surface area contributed by atoms with E-state index in [0.717, 1.165) is 23.3 Å². The first-order valence-electron chi connectivity index (χ1n) is 6.36. The normalized spacial score (nSPS) is 14.9. The van der Waals surface area contributed by atoms with Crippen molar-refractivity contribution in [3.63, 3.8) is 0 Å². The topological polar surface area (TPSA) is 38.0 Å². The van der Waals surface area contributed by atoms with Crippen LogP contribution in [-0.2, 0) is 6.54 Å². The Labute approximate surface area is 112 Å². The maximum Gasteiger partial charge on any atom is 0.112 e. The second-order valence-electron chi connectivity index (χ2n) is 4.87. The Kier molecular flexibility index (Phi) is 3.93. The van der Waals surface area contributed by atoms with Crippen LogP contribution in [0.15, 0.2) is 18.2 Å². The highest BCUT2D eigenvalue weighted by Crippen LogP contribution is 2.26. The summed E-state index contributed by atoms with van der Waals surface area (Å²) in [6, 6.07) is 5.70. The quantitative estimate of drug-likeness (QED) is 0.918. The van der Waals surface area contributed by atoms with E-state index >= 15 is 0 Å². The zero-order valence-electron chi connectivity index (χ0n) is 11.0. The minimum Gasteiger partial charge on any atom is -0.392 e. The monoisotopic (exact) mass is 266 g/mol. The van der Waals surface area contributed by atoms with E-state index in [-0.39, 0.29) is 0 Å². The zero-order chi connectivity index (χ0) is 13.3. The van der Waals surface area contributed by atoms with Gasteiger partial charge in [-0.05, 0) is 31.5 Å².